The van der Waals surface area contributed by atoms with Crippen LogP contribution in [0.15, 0.2) is 23.4 Å². The van der Waals surface area contributed by atoms with Gasteiger partial charge >= 0.3 is 0 Å². The Bertz CT molecular complexity index is 221. The van der Waals surface area contributed by atoms with Crippen LogP contribution in [-0.4, -0.2) is 32.1 Å². The molecule has 1 heterocycles. The number of rotatable bonds is 2. The van der Waals surface area contributed by atoms with Crippen molar-refractivity contribution in [2.24, 2.45) is 0 Å². The van der Waals surface area contributed by atoms with E-state index < -0.39 is 5.91 Å². The van der Waals surface area contributed by atoms with Crippen molar-refractivity contribution < 1.29 is 9.47 Å². The van der Waals surface area contributed by atoms with Crippen LogP contribution >= 0.6 is 11.6 Å². The molecule has 0 unspecified atom stereocenters. The third kappa shape index (κ3) is 1.48. The molecule has 0 aliphatic carbocycles. The van der Waals surface area contributed by atoms with Crippen LogP contribution in [0.5, 0.6) is 0 Å². The molecule has 68 valence electrons. The molecule has 0 bridgehead atoms. The van der Waals surface area contributed by atoms with Crippen molar-refractivity contribution in [1.82, 2.24) is 4.90 Å². The topological polar surface area (TPSA) is 21.7 Å². The van der Waals surface area contributed by atoms with Gasteiger partial charge in [-0.15, -0.1) is 0 Å². The smallest absolute Gasteiger partial charge is 0.273 e. The van der Waals surface area contributed by atoms with Crippen LogP contribution in [-0.2, 0) is 9.47 Å². The first-order chi connectivity index (χ1) is 5.64. The van der Waals surface area contributed by atoms with Crippen molar-refractivity contribution in [2.75, 3.05) is 21.3 Å². The summed E-state index contributed by atoms with van der Waals surface area (Å²) in [6.45, 7) is 0. The maximum atomic E-state index is 5.81. The van der Waals surface area contributed by atoms with Gasteiger partial charge in [-0.1, -0.05) is 11.6 Å². The first-order valence-electron chi connectivity index (χ1n) is 3.54. The Labute approximate surface area is 77.2 Å². The lowest BCUT2D eigenvalue weighted by Crippen LogP contribution is -2.46. The van der Waals surface area contributed by atoms with E-state index >= 15 is 0 Å². The van der Waals surface area contributed by atoms with Crippen molar-refractivity contribution in [1.29, 1.82) is 0 Å². The van der Waals surface area contributed by atoms with E-state index in [0.717, 1.165) is 0 Å². The molecule has 1 aliphatic heterocycles. The lowest BCUT2D eigenvalue weighted by Gasteiger charge is -2.37. The van der Waals surface area contributed by atoms with Crippen molar-refractivity contribution in [3.05, 3.63) is 23.4 Å². The molecule has 0 aromatic heterocycles. The van der Waals surface area contributed by atoms with Crippen molar-refractivity contribution >= 4 is 11.6 Å². The molecular formula is C8H12ClNO2. The van der Waals surface area contributed by atoms with E-state index in [1.165, 1.54) is 0 Å². The lowest BCUT2D eigenvalue weighted by molar-refractivity contribution is -0.241. The molecule has 3 nitrogen and oxygen atoms in total. The zero-order valence-corrected chi connectivity index (χ0v) is 8.13. The largest absolute Gasteiger partial charge is 0.333 e. The van der Waals surface area contributed by atoms with Crippen LogP contribution in [0, 0.1) is 0 Å². The Morgan fingerprint density at radius 3 is 2.42 bits per heavy atom. The number of hydrogen-bond acceptors (Lipinski definition) is 3. The molecule has 1 rings (SSSR count). The fourth-order valence-electron chi connectivity index (χ4n) is 1.10. The minimum absolute atomic E-state index is 0.608. The molecule has 0 spiro atoms. The second kappa shape index (κ2) is 3.47. The highest BCUT2D eigenvalue weighted by Gasteiger charge is 2.32. The van der Waals surface area contributed by atoms with E-state index in [-0.39, 0.29) is 0 Å². The van der Waals surface area contributed by atoms with Crippen molar-refractivity contribution in [2.45, 2.75) is 5.91 Å². The number of halogens is 1. The first kappa shape index (κ1) is 9.58. The SMILES string of the molecule is COC1(OC)C=C(Cl)C=CN1C. The predicted octanol–water partition coefficient (Wildman–Crippen LogP) is 1.51. The van der Waals surface area contributed by atoms with Crippen LogP contribution in [0.4, 0.5) is 0 Å². The number of methoxy groups -OCH3 is 2. The van der Waals surface area contributed by atoms with Crippen LogP contribution < -0.4 is 0 Å². The molecular weight excluding hydrogens is 178 g/mol. The van der Waals surface area contributed by atoms with E-state index in [4.69, 9.17) is 21.1 Å². The normalized spacial score (nSPS) is 21.0. The van der Waals surface area contributed by atoms with Gasteiger partial charge in [-0.3, -0.25) is 0 Å². The molecule has 0 aromatic rings. The maximum Gasteiger partial charge on any atom is 0.273 e. The molecule has 0 radical (unpaired) electrons. The van der Waals surface area contributed by atoms with E-state index in [1.807, 2.05) is 7.05 Å². The third-order valence-electron chi connectivity index (χ3n) is 1.85. The Hall–Kier alpha value is -0.510. The molecule has 0 saturated carbocycles. The molecule has 0 N–H and O–H groups in total. The third-order valence-corrected chi connectivity index (χ3v) is 2.09. The average Bonchev–Trinajstić information content (AvgIpc) is 2.09. The van der Waals surface area contributed by atoms with Gasteiger partial charge in [-0.2, -0.15) is 0 Å². The van der Waals surface area contributed by atoms with Crippen LogP contribution in [0.2, 0.25) is 0 Å². The summed E-state index contributed by atoms with van der Waals surface area (Å²) in [6.07, 6.45) is 5.28. The van der Waals surface area contributed by atoms with Gasteiger partial charge in [0.15, 0.2) is 0 Å². The number of nitrogens with zero attached hydrogens (tertiary/aromatic N) is 1. The highest BCUT2D eigenvalue weighted by atomic mass is 35.5. The molecule has 12 heavy (non-hydrogen) atoms. The van der Waals surface area contributed by atoms with Gasteiger partial charge in [0.1, 0.15) is 0 Å². The fourth-order valence-corrected chi connectivity index (χ4v) is 1.29. The quantitative estimate of drug-likeness (QED) is 0.615. The van der Waals surface area contributed by atoms with Gasteiger partial charge < -0.3 is 14.4 Å². The highest BCUT2D eigenvalue weighted by molar-refractivity contribution is 6.31. The van der Waals surface area contributed by atoms with Gasteiger partial charge in [-0.25, -0.2) is 0 Å². The van der Waals surface area contributed by atoms with Crippen LogP contribution in [0.25, 0.3) is 0 Å². The Morgan fingerprint density at radius 1 is 1.42 bits per heavy atom. The molecule has 4 heteroatoms. The standard InChI is InChI=1S/C8H12ClNO2/c1-10-5-4-7(9)6-8(10,11-2)12-3/h4-6H,1-3H3. The number of ether oxygens (including phenoxy) is 2. The Kier molecular flexibility index (Phi) is 2.77. The molecule has 0 saturated heterocycles. The first-order valence-corrected chi connectivity index (χ1v) is 3.92. The van der Waals surface area contributed by atoms with Crippen molar-refractivity contribution in [3.8, 4) is 0 Å². The monoisotopic (exact) mass is 189 g/mol. The maximum absolute atomic E-state index is 5.81. The summed E-state index contributed by atoms with van der Waals surface area (Å²) >= 11 is 5.81. The zero-order chi connectivity index (χ0) is 9.19. The summed E-state index contributed by atoms with van der Waals surface area (Å²) in [4.78, 5) is 1.79. The predicted molar refractivity (Wildman–Crippen MR) is 47.6 cm³/mol. The summed E-state index contributed by atoms with van der Waals surface area (Å²) in [5.41, 5.74) is 0. The Morgan fingerprint density at radius 2 is 2.00 bits per heavy atom. The van der Waals surface area contributed by atoms with Gasteiger partial charge in [0, 0.05) is 38.6 Å². The minimum Gasteiger partial charge on any atom is -0.333 e. The molecule has 0 atom stereocenters. The number of likely N-dealkylation sites (N-methyl/N-ethyl adjacent to an activating group) is 1. The highest BCUT2D eigenvalue weighted by Crippen LogP contribution is 2.26. The van der Waals surface area contributed by atoms with Crippen molar-refractivity contribution in [3.63, 3.8) is 0 Å². The van der Waals surface area contributed by atoms with Crippen LogP contribution in [0.3, 0.4) is 0 Å². The van der Waals surface area contributed by atoms with Gasteiger partial charge in [0.2, 0.25) is 0 Å². The molecule has 0 aromatic carbocycles. The number of allylic oxidation sites excluding steroid dienone is 2. The van der Waals surface area contributed by atoms with Gasteiger partial charge in [0.05, 0.1) is 0 Å². The fraction of sp³-hybridized carbons (Fsp3) is 0.500. The lowest BCUT2D eigenvalue weighted by atomic mass is 10.3. The molecule has 0 amide bonds. The van der Waals surface area contributed by atoms with E-state index in [2.05, 4.69) is 0 Å². The number of hydrogen-bond donors (Lipinski definition) is 0. The second-order valence-corrected chi connectivity index (χ2v) is 2.93. The zero-order valence-electron chi connectivity index (χ0n) is 7.37. The molecule has 1 aliphatic rings. The summed E-state index contributed by atoms with van der Waals surface area (Å²) in [6, 6.07) is 0. The van der Waals surface area contributed by atoms with Gasteiger partial charge in [0.25, 0.3) is 5.91 Å². The second-order valence-electron chi connectivity index (χ2n) is 2.49. The van der Waals surface area contributed by atoms with Crippen LogP contribution in [0.1, 0.15) is 0 Å². The average molecular weight is 190 g/mol. The minimum atomic E-state index is -0.855. The molecule has 0 fully saturated rings. The van der Waals surface area contributed by atoms with E-state index in [0.29, 0.717) is 5.03 Å². The Balaban J connectivity index is 2.94. The summed E-state index contributed by atoms with van der Waals surface area (Å²) in [7, 11) is 4.99. The van der Waals surface area contributed by atoms with Gasteiger partial charge in [-0.05, 0) is 6.08 Å². The summed E-state index contributed by atoms with van der Waals surface area (Å²) in [5.74, 6) is -0.855. The summed E-state index contributed by atoms with van der Waals surface area (Å²) in [5, 5.41) is 0.608. The van der Waals surface area contributed by atoms with E-state index in [1.54, 1.807) is 37.5 Å². The van der Waals surface area contributed by atoms with E-state index in [9.17, 15) is 0 Å². The summed E-state index contributed by atoms with van der Waals surface area (Å²) < 4.78 is 10.4.